The zero-order chi connectivity index (χ0) is 13.6. The van der Waals surface area contributed by atoms with Crippen LogP contribution in [-0.2, 0) is 4.79 Å². The molecule has 0 aromatic heterocycles. The monoisotopic (exact) mass is 248 g/mol. The van der Waals surface area contributed by atoms with Crippen LogP contribution in [0.25, 0.3) is 0 Å². The minimum atomic E-state index is -1.08. The third-order valence-electron chi connectivity index (χ3n) is 3.11. The summed E-state index contributed by atoms with van der Waals surface area (Å²) in [6, 6.07) is 0. The maximum absolute atomic E-state index is 11.7. The first kappa shape index (κ1) is 14.2. The lowest BCUT2D eigenvalue weighted by molar-refractivity contribution is -0.122. The molecule has 0 radical (unpaired) electrons. The van der Waals surface area contributed by atoms with Crippen molar-refractivity contribution >= 4 is 18.0 Å². The number of primary amides is 1. The van der Waals surface area contributed by atoms with Crippen LogP contribution in [0.5, 0.6) is 0 Å². The van der Waals surface area contributed by atoms with Gasteiger partial charge in [-0.3, -0.25) is 4.79 Å². The molecule has 0 fully saturated rings. The highest BCUT2D eigenvalue weighted by Gasteiger charge is 2.47. The van der Waals surface area contributed by atoms with Crippen LogP contribution >= 0.6 is 0 Å². The van der Waals surface area contributed by atoms with Crippen molar-refractivity contribution < 1.29 is 4.79 Å². The van der Waals surface area contributed by atoms with E-state index >= 15 is 0 Å². The van der Waals surface area contributed by atoms with Crippen LogP contribution in [0.4, 0.5) is 0 Å². The normalized spacial score (nSPS) is 24.9. The number of rotatable bonds is 6. The first-order valence-electron chi connectivity index (χ1n) is 6.10. The third-order valence-corrected chi connectivity index (χ3v) is 3.11. The Balaban J connectivity index is 3.01. The van der Waals surface area contributed by atoms with Gasteiger partial charge < -0.3 is 11.5 Å². The number of amidine groups is 1. The van der Waals surface area contributed by atoms with Gasteiger partial charge in [-0.2, -0.15) is 5.10 Å². The van der Waals surface area contributed by atoms with Gasteiger partial charge in [0.2, 0.25) is 5.91 Å². The number of carbonyl (C=O) groups excluding carboxylic acids is 1. The second kappa shape index (κ2) is 6.14. The minimum Gasteiger partial charge on any atom is -0.384 e. The van der Waals surface area contributed by atoms with Gasteiger partial charge in [0, 0.05) is 5.92 Å². The van der Waals surface area contributed by atoms with Gasteiger partial charge in [-0.05, 0) is 12.8 Å². The SMILES string of the molecule is CCC=CC=CC(CC)C1(C(N)=O)C=NN=C1N. The second-order valence-corrected chi connectivity index (χ2v) is 4.20. The van der Waals surface area contributed by atoms with E-state index in [1.165, 1.54) is 6.21 Å². The molecule has 5 nitrogen and oxygen atoms in total. The first-order chi connectivity index (χ1) is 8.59. The summed E-state index contributed by atoms with van der Waals surface area (Å²) in [5, 5.41) is 7.47. The van der Waals surface area contributed by atoms with E-state index in [0.29, 0.717) is 0 Å². The molecule has 0 bridgehead atoms. The molecule has 5 heteroatoms. The number of hydrogen-bond acceptors (Lipinski definition) is 4. The fourth-order valence-corrected chi connectivity index (χ4v) is 2.01. The van der Waals surface area contributed by atoms with Gasteiger partial charge in [0.05, 0.1) is 6.21 Å². The quantitative estimate of drug-likeness (QED) is 0.694. The van der Waals surface area contributed by atoms with Crippen LogP contribution in [0.15, 0.2) is 34.5 Å². The van der Waals surface area contributed by atoms with Crippen molar-refractivity contribution in [3.63, 3.8) is 0 Å². The van der Waals surface area contributed by atoms with E-state index in [4.69, 9.17) is 11.5 Å². The first-order valence-corrected chi connectivity index (χ1v) is 6.10. The van der Waals surface area contributed by atoms with Crippen molar-refractivity contribution in [1.29, 1.82) is 0 Å². The van der Waals surface area contributed by atoms with Crippen LogP contribution in [0, 0.1) is 11.3 Å². The van der Waals surface area contributed by atoms with Gasteiger partial charge in [0.25, 0.3) is 0 Å². The number of nitrogens with zero attached hydrogens (tertiary/aromatic N) is 2. The Hall–Kier alpha value is -1.91. The molecule has 1 amide bonds. The van der Waals surface area contributed by atoms with Crippen molar-refractivity contribution in [2.24, 2.45) is 33.0 Å². The maximum atomic E-state index is 11.7. The van der Waals surface area contributed by atoms with Crippen molar-refractivity contribution in [3.8, 4) is 0 Å². The van der Waals surface area contributed by atoms with Crippen LogP contribution < -0.4 is 11.5 Å². The maximum Gasteiger partial charge on any atom is 0.237 e. The Morgan fingerprint density at radius 2 is 2.22 bits per heavy atom. The Morgan fingerprint density at radius 3 is 2.67 bits per heavy atom. The van der Waals surface area contributed by atoms with E-state index in [1.807, 2.05) is 31.2 Å². The molecule has 0 spiro atoms. The Morgan fingerprint density at radius 1 is 1.50 bits per heavy atom. The highest BCUT2D eigenvalue weighted by molar-refractivity contribution is 6.21. The summed E-state index contributed by atoms with van der Waals surface area (Å²) in [4.78, 5) is 11.7. The molecule has 1 heterocycles. The average Bonchev–Trinajstić information content (AvgIpc) is 2.72. The van der Waals surface area contributed by atoms with Crippen LogP contribution in [-0.4, -0.2) is 18.0 Å². The lowest BCUT2D eigenvalue weighted by Gasteiger charge is -2.28. The molecular weight excluding hydrogens is 228 g/mol. The predicted octanol–water partition coefficient (Wildman–Crippen LogP) is 1.36. The average molecular weight is 248 g/mol. The lowest BCUT2D eigenvalue weighted by Crippen LogP contribution is -2.51. The Bertz CT molecular complexity index is 423. The van der Waals surface area contributed by atoms with E-state index < -0.39 is 11.3 Å². The summed E-state index contributed by atoms with van der Waals surface area (Å²) in [6.45, 7) is 4.03. The molecule has 0 saturated carbocycles. The Labute approximate surface area is 107 Å². The van der Waals surface area contributed by atoms with Gasteiger partial charge in [0.15, 0.2) is 5.41 Å². The number of nitrogens with two attached hydrogens (primary N) is 2. The molecule has 0 aliphatic carbocycles. The number of hydrogen-bond donors (Lipinski definition) is 2. The summed E-state index contributed by atoms with van der Waals surface area (Å²) < 4.78 is 0. The Kier molecular flexibility index (Phi) is 4.83. The van der Waals surface area contributed by atoms with E-state index in [1.54, 1.807) is 0 Å². The minimum absolute atomic E-state index is 0.133. The van der Waals surface area contributed by atoms with Gasteiger partial charge in [0.1, 0.15) is 5.84 Å². The predicted molar refractivity (Wildman–Crippen MR) is 74.1 cm³/mol. The summed E-state index contributed by atoms with van der Waals surface area (Å²) in [7, 11) is 0. The molecule has 18 heavy (non-hydrogen) atoms. The summed E-state index contributed by atoms with van der Waals surface area (Å²) in [6.07, 6.45) is 10.9. The van der Waals surface area contributed by atoms with Gasteiger partial charge in [-0.15, -0.1) is 5.10 Å². The molecule has 98 valence electrons. The highest BCUT2D eigenvalue weighted by atomic mass is 16.1. The number of allylic oxidation sites excluding steroid dienone is 4. The van der Waals surface area contributed by atoms with E-state index in [9.17, 15) is 4.79 Å². The molecule has 1 rings (SSSR count). The van der Waals surface area contributed by atoms with Gasteiger partial charge in [-0.25, -0.2) is 0 Å². The molecular formula is C13H20N4O. The van der Waals surface area contributed by atoms with Crippen LogP contribution in [0.2, 0.25) is 0 Å². The van der Waals surface area contributed by atoms with E-state index in [2.05, 4.69) is 17.1 Å². The fraction of sp³-hybridized carbons (Fsp3) is 0.462. The largest absolute Gasteiger partial charge is 0.384 e. The summed E-state index contributed by atoms with van der Waals surface area (Å²) in [5.74, 6) is -0.474. The smallest absolute Gasteiger partial charge is 0.237 e. The molecule has 0 aromatic carbocycles. The fourth-order valence-electron chi connectivity index (χ4n) is 2.01. The van der Waals surface area contributed by atoms with Crippen LogP contribution in [0.3, 0.4) is 0 Å². The molecule has 1 aliphatic heterocycles. The van der Waals surface area contributed by atoms with Crippen molar-refractivity contribution in [3.05, 3.63) is 24.3 Å². The van der Waals surface area contributed by atoms with Crippen molar-refractivity contribution in [2.75, 3.05) is 0 Å². The third kappa shape index (κ3) is 2.50. The van der Waals surface area contributed by atoms with Gasteiger partial charge in [-0.1, -0.05) is 38.2 Å². The number of carbonyl (C=O) groups is 1. The second-order valence-electron chi connectivity index (χ2n) is 4.20. The van der Waals surface area contributed by atoms with Crippen molar-refractivity contribution in [1.82, 2.24) is 0 Å². The van der Waals surface area contributed by atoms with Crippen molar-refractivity contribution in [2.45, 2.75) is 26.7 Å². The zero-order valence-corrected chi connectivity index (χ0v) is 10.8. The lowest BCUT2D eigenvalue weighted by atomic mass is 9.73. The topological polar surface area (TPSA) is 93.8 Å². The van der Waals surface area contributed by atoms with E-state index in [0.717, 1.165) is 12.8 Å². The molecule has 0 saturated heterocycles. The number of amides is 1. The standard InChI is InChI=1S/C13H20N4O/c1-3-5-6-7-8-10(4-2)13(12(15)18)9-16-17-11(13)14/h5-10H,3-4H2,1-2H3,(H2,14,17)(H2,15,18). The molecule has 1 aliphatic rings. The molecule has 0 aromatic rings. The summed E-state index contributed by atoms with van der Waals surface area (Å²) >= 11 is 0. The highest BCUT2D eigenvalue weighted by Crippen LogP contribution is 2.32. The summed E-state index contributed by atoms with van der Waals surface area (Å²) in [5.41, 5.74) is 10.2. The van der Waals surface area contributed by atoms with Crippen LogP contribution in [0.1, 0.15) is 26.7 Å². The molecule has 2 atom stereocenters. The zero-order valence-electron chi connectivity index (χ0n) is 10.8. The molecule has 4 N–H and O–H groups in total. The van der Waals surface area contributed by atoms with E-state index in [-0.39, 0.29) is 11.8 Å². The van der Waals surface area contributed by atoms with Gasteiger partial charge >= 0.3 is 0 Å². The molecule has 2 unspecified atom stereocenters.